The van der Waals surface area contributed by atoms with Crippen LogP contribution in [0.25, 0.3) is 16.7 Å². The highest BCUT2D eigenvalue weighted by Crippen LogP contribution is 2.44. The minimum atomic E-state index is -2.61. The monoisotopic (exact) mass is 529 g/mol. The molecule has 3 aliphatic heterocycles. The van der Waals surface area contributed by atoms with Gasteiger partial charge in [-0.05, 0) is 70.9 Å². The number of aromatic nitrogens is 2. The second kappa shape index (κ2) is 10.1. The SMILES string of the molecule is CCC1=NCC=C(c2cc3c(c(N4CCCc5cc(-c6cnn(C)c6)c(C(F)F)cc54)c2)CN(C)C(=O)C3)C1. The molecule has 39 heavy (non-hydrogen) atoms. The second-order valence-electron chi connectivity index (χ2n) is 10.8. The number of dihydropyridines is 1. The van der Waals surface area contributed by atoms with Crippen molar-refractivity contribution in [3.05, 3.63) is 70.6 Å². The average Bonchev–Trinajstić information content (AvgIpc) is 3.38. The number of anilines is 2. The van der Waals surface area contributed by atoms with Crippen LogP contribution in [0, 0.1) is 0 Å². The van der Waals surface area contributed by atoms with Gasteiger partial charge in [0.1, 0.15) is 0 Å². The molecule has 0 atom stereocenters. The zero-order valence-corrected chi connectivity index (χ0v) is 22.7. The number of carbonyl (C=O) groups excluding carboxylic acids is 1. The third kappa shape index (κ3) is 4.66. The lowest BCUT2D eigenvalue weighted by Crippen LogP contribution is -2.35. The van der Waals surface area contributed by atoms with Crippen molar-refractivity contribution >= 4 is 28.6 Å². The second-order valence-corrected chi connectivity index (χ2v) is 10.8. The Morgan fingerprint density at radius 3 is 2.62 bits per heavy atom. The van der Waals surface area contributed by atoms with Gasteiger partial charge in [0.05, 0.1) is 19.2 Å². The van der Waals surface area contributed by atoms with Crippen LogP contribution in [0.4, 0.5) is 20.2 Å². The van der Waals surface area contributed by atoms with Gasteiger partial charge in [-0.15, -0.1) is 0 Å². The normalized spacial score (nSPS) is 17.2. The molecule has 3 aromatic rings. The van der Waals surface area contributed by atoms with E-state index in [-0.39, 0.29) is 11.5 Å². The molecule has 0 unspecified atom stereocenters. The molecule has 4 heterocycles. The number of hydrogen-bond acceptors (Lipinski definition) is 4. The molecule has 3 aliphatic rings. The average molecular weight is 530 g/mol. The highest BCUT2D eigenvalue weighted by Gasteiger charge is 2.30. The fourth-order valence-electron chi connectivity index (χ4n) is 6.08. The highest BCUT2D eigenvalue weighted by atomic mass is 19.3. The van der Waals surface area contributed by atoms with Crippen molar-refractivity contribution in [1.82, 2.24) is 14.7 Å². The maximum Gasteiger partial charge on any atom is 0.264 e. The van der Waals surface area contributed by atoms with Crippen molar-refractivity contribution in [3.8, 4) is 11.1 Å². The van der Waals surface area contributed by atoms with Crippen LogP contribution in [0.1, 0.15) is 60.4 Å². The van der Waals surface area contributed by atoms with Crippen LogP contribution in [0.2, 0.25) is 0 Å². The van der Waals surface area contributed by atoms with Gasteiger partial charge in [0.2, 0.25) is 5.91 Å². The lowest BCUT2D eigenvalue weighted by Gasteiger charge is -2.37. The first kappa shape index (κ1) is 25.5. The highest BCUT2D eigenvalue weighted by molar-refractivity contribution is 5.96. The molecule has 0 saturated heterocycles. The summed E-state index contributed by atoms with van der Waals surface area (Å²) in [5, 5.41) is 4.21. The van der Waals surface area contributed by atoms with Crippen LogP contribution in [-0.2, 0) is 31.2 Å². The van der Waals surface area contributed by atoms with Crippen molar-refractivity contribution in [1.29, 1.82) is 0 Å². The van der Waals surface area contributed by atoms with Crippen LogP contribution in [-0.4, -0.2) is 46.4 Å². The van der Waals surface area contributed by atoms with Gasteiger partial charge in [0, 0.05) is 68.0 Å². The summed E-state index contributed by atoms with van der Waals surface area (Å²) in [6.07, 6.45) is 6.77. The summed E-state index contributed by atoms with van der Waals surface area (Å²) < 4.78 is 30.6. The molecule has 0 fully saturated rings. The van der Waals surface area contributed by atoms with E-state index in [1.54, 1.807) is 35.1 Å². The number of allylic oxidation sites excluding steroid dienone is 1. The van der Waals surface area contributed by atoms with Gasteiger partial charge in [-0.2, -0.15) is 5.10 Å². The Morgan fingerprint density at radius 1 is 1.03 bits per heavy atom. The summed E-state index contributed by atoms with van der Waals surface area (Å²) in [7, 11) is 3.62. The van der Waals surface area contributed by atoms with Crippen molar-refractivity contribution in [2.45, 2.75) is 52.0 Å². The molecule has 8 heteroatoms. The molecule has 6 rings (SSSR count). The number of hydrogen-bond donors (Lipinski definition) is 0. The number of halogens is 2. The van der Waals surface area contributed by atoms with E-state index in [2.05, 4.69) is 40.1 Å². The largest absolute Gasteiger partial charge is 0.341 e. The predicted molar refractivity (Wildman–Crippen MR) is 151 cm³/mol. The molecule has 1 amide bonds. The Hall–Kier alpha value is -3.81. The Morgan fingerprint density at radius 2 is 1.87 bits per heavy atom. The Kier molecular flexibility index (Phi) is 6.57. The van der Waals surface area contributed by atoms with Gasteiger partial charge in [0.25, 0.3) is 6.43 Å². The summed E-state index contributed by atoms with van der Waals surface area (Å²) in [6, 6.07) is 7.98. The molecule has 6 nitrogen and oxygen atoms in total. The Balaban J connectivity index is 1.50. The summed E-state index contributed by atoms with van der Waals surface area (Å²) >= 11 is 0. The molecular formula is C31H33F2N5O. The summed E-state index contributed by atoms with van der Waals surface area (Å²) in [4.78, 5) is 21.3. The number of alkyl halides is 2. The first-order valence-electron chi connectivity index (χ1n) is 13.6. The van der Waals surface area contributed by atoms with E-state index in [1.807, 2.05) is 13.1 Å². The van der Waals surface area contributed by atoms with Crippen molar-refractivity contribution in [3.63, 3.8) is 0 Å². The minimum absolute atomic E-state index is 0.0183. The van der Waals surface area contributed by atoms with E-state index in [9.17, 15) is 13.6 Å². The van der Waals surface area contributed by atoms with E-state index in [4.69, 9.17) is 0 Å². The van der Waals surface area contributed by atoms with Gasteiger partial charge in [0.15, 0.2) is 0 Å². The molecule has 0 spiro atoms. The number of amides is 1. The van der Waals surface area contributed by atoms with Crippen molar-refractivity contribution < 1.29 is 13.6 Å². The van der Waals surface area contributed by atoms with Crippen LogP contribution in [0.15, 0.2) is 47.7 Å². The Labute approximate surface area is 227 Å². The molecule has 0 saturated carbocycles. The molecule has 0 aliphatic carbocycles. The van der Waals surface area contributed by atoms with Gasteiger partial charge in [-0.3, -0.25) is 14.5 Å². The summed E-state index contributed by atoms with van der Waals surface area (Å²) in [5.41, 5.74) is 9.77. The van der Waals surface area contributed by atoms with Crippen LogP contribution in [0.3, 0.4) is 0 Å². The molecule has 202 valence electrons. The number of fused-ring (bicyclic) bond motifs is 2. The fraction of sp³-hybridized carbons (Fsp3) is 0.387. The number of aryl methyl sites for hydroxylation is 2. The lowest BCUT2D eigenvalue weighted by molar-refractivity contribution is -0.130. The minimum Gasteiger partial charge on any atom is -0.341 e. The van der Waals surface area contributed by atoms with Gasteiger partial charge in [-0.1, -0.05) is 19.1 Å². The van der Waals surface area contributed by atoms with E-state index in [0.29, 0.717) is 30.6 Å². The quantitative estimate of drug-likeness (QED) is 0.392. The van der Waals surface area contributed by atoms with Crippen molar-refractivity contribution in [2.75, 3.05) is 25.0 Å². The van der Waals surface area contributed by atoms with Gasteiger partial charge in [-0.25, -0.2) is 8.78 Å². The predicted octanol–water partition coefficient (Wildman–Crippen LogP) is 6.26. The van der Waals surface area contributed by atoms with E-state index in [1.165, 1.54) is 11.3 Å². The third-order valence-electron chi connectivity index (χ3n) is 8.22. The first-order valence-corrected chi connectivity index (χ1v) is 13.6. The molecule has 0 radical (unpaired) electrons. The zero-order valence-electron chi connectivity index (χ0n) is 22.7. The number of likely N-dealkylation sites (N-methyl/N-ethyl adjacent to an activating group) is 1. The Bertz CT molecular complexity index is 1520. The third-order valence-corrected chi connectivity index (χ3v) is 8.22. The maximum absolute atomic E-state index is 14.5. The molecule has 1 aromatic heterocycles. The fourth-order valence-corrected chi connectivity index (χ4v) is 6.08. The van der Waals surface area contributed by atoms with Crippen LogP contribution < -0.4 is 4.90 Å². The molecule has 0 bridgehead atoms. The number of carbonyl (C=O) groups is 1. The zero-order chi connectivity index (χ0) is 27.3. The first-order chi connectivity index (χ1) is 18.8. The van der Waals surface area contributed by atoms with E-state index >= 15 is 0 Å². The smallest absolute Gasteiger partial charge is 0.264 e. The molecule has 0 N–H and O–H groups in total. The maximum atomic E-state index is 14.5. The number of rotatable bonds is 5. The standard InChI is InChI=1S/C31H33F2N5O/c1-4-24-11-19(7-8-34-24)21-10-22-14-30(39)36(2)18-27(22)29(13-21)38-9-5-6-20-12-25(23-16-35-37(3)17-23)26(31(32)33)15-28(20)38/h7,10,12-13,15-17,31H,4-6,8-9,11,14,18H2,1-3H3. The lowest BCUT2D eigenvalue weighted by atomic mass is 9.88. The topological polar surface area (TPSA) is 53.7 Å². The number of nitrogens with zero attached hydrogens (tertiary/aromatic N) is 5. The van der Waals surface area contributed by atoms with E-state index in [0.717, 1.165) is 65.9 Å². The molecular weight excluding hydrogens is 496 g/mol. The van der Waals surface area contributed by atoms with Gasteiger partial charge >= 0.3 is 0 Å². The number of benzene rings is 2. The van der Waals surface area contributed by atoms with Crippen molar-refractivity contribution in [2.24, 2.45) is 12.0 Å². The summed E-state index contributed by atoms with van der Waals surface area (Å²) in [5.74, 6) is 0.0965. The van der Waals surface area contributed by atoms with Gasteiger partial charge < -0.3 is 9.80 Å². The molecule has 2 aromatic carbocycles. The van der Waals surface area contributed by atoms with E-state index < -0.39 is 6.43 Å². The van der Waals surface area contributed by atoms with Crippen LogP contribution in [0.5, 0.6) is 0 Å². The van der Waals surface area contributed by atoms with Crippen LogP contribution >= 0.6 is 0 Å². The summed E-state index contributed by atoms with van der Waals surface area (Å²) in [6.45, 7) is 4.02. The number of aliphatic imine (C=N–C) groups is 1.